The fourth-order valence-corrected chi connectivity index (χ4v) is 4.93. The van der Waals surface area contributed by atoms with Crippen LogP contribution in [-0.4, -0.2) is 41.4 Å². The Morgan fingerprint density at radius 1 is 1.04 bits per heavy atom. The van der Waals surface area contributed by atoms with Gasteiger partial charge in [-0.15, -0.1) is 0 Å². The lowest BCUT2D eigenvalue weighted by Crippen LogP contribution is -2.45. The van der Waals surface area contributed by atoms with E-state index in [1.165, 1.54) is 0 Å². The number of hydrogen-bond acceptors (Lipinski definition) is 4. The van der Waals surface area contributed by atoms with E-state index in [2.05, 4.69) is 67.7 Å². The molecule has 0 bridgehead atoms. The highest BCUT2D eigenvalue weighted by molar-refractivity contribution is 6.74. The average molecular weight is 415 g/mol. The molecule has 0 radical (unpaired) electrons. The largest absolute Gasteiger partial charge is 0.455 e. The Bertz CT molecular complexity index is 554. The summed E-state index contributed by atoms with van der Waals surface area (Å²) in [4.78, 5) is 12.1. The van der Waals surface area contributed by atoms with E-state index in [1.54, 1.807) is 0 Å². The molecule has 1 rings (SSSR count). The highest BCUT2D eigenvalue weighted by Gasteiger charge is 2.41. The molecular formula is C21H42O4Si2. The van der Waals surface area contributed by atoms with Crippen molar-refractivity contribution >= 4 is 22.6 Å². The molecule has 0 saturated carbocycles. The van der Waals surface area contributed by atoms with Crippen molar-refractivity contribution in [1.29, 1.82) is 0 Å². The topological polar surface area (TPSA) is 44.8 Å². The molecule has 4 nitrogen and oxygen atoms in total. The van der Waals surface area contributed by atoms with Gasteiger partial charge in [0.05, 0.1) is 6.10 Å². The molecule has 1 aliphatic rings. The van der Waals surface area contributed by atoms with Gasteiger partial charge in [-0.2, -0.15) is 0 Å². The van der Waals surface area contributed by atoms with Crippen LogP contribution in [0, 0.1) is 0 Å². The van der Waals surface area contributed by atoms with Crippen molar-refractivity contribution in [3.63, 3.8) is 0 Å². The number of esters is 1. The van der Waals surface area contributed by atoms with E-state index in [1.807, 2.05) is 13.0 Å². The third kappa shape index (κ3) is 6.84. The van der Waals surface area contributed by atoms with Gasteiger partial charge in [0.2, 0.25) is 0 Å². The smallest absolute Gasteiger partial charge is 0.334 e. The minimum atomic E-state index is -1.94. The van der Waals surface area contributed by atoms with Crippen LogP contribution in [0.2, 0.25) is 36.3 Å². The van der Waals surface area contributed by atoms with Gasteiger partial charge in [0.15, 0.2) is 16.6 Å². The summed E-state index contributed by atoms with van der Waals surface area (Å²) in [7, 11) is -3.72. The monoisotopic (exact) mass is 414 g/mol. The van der Waals surface area contributed by atoms with Crippen LogP contribution in [0.1, 0.15) is 61.3 Å². The number of rotatable bonds is 8. The van der Waals surface area contributed by atoms with Crippen molar-refractivity contribution in [3.8, 4) is 0 Å². The second kappa shape index (κ2) is 8.51. The van der Waals surface area contributed by atoms with Crippen LogP contribution < -0.4 is 0 Å². The molecule has 0 spiro atoms. The molecule has 27 heavy (non-hydrogen) atoms. The Hall–Kier alpha value is -0.436. The molecule has 1 aliphatic heterocycles. The molecule has 158 valence electrons. The molecule has 0 amide bonds. The van der Waals surface area contributed by atoms with Crippen LogP contribution in [0.3, 0.4) is 0 Å². The lowest BCUT2D eigenvalue weighted by Gasteiger charge is -2.40. The summed E-state index contributed by atoms with van der Waals surface area (Å²) < 4.78 is 18.3. The van der Waals surface area contributed by atoms with Gasteiger partial charge in [-0.1, -0.05) is 41.5 Å². The van der Waals surface area contributed by atoms with Crippen LogP contribution in [-0.2, 0) is 18.4 Å². The Labute approximate surface area is 169 Å². The van der Waals surface area contributed by atoms with Gasteiger partial charge < -0.3 is 13.6 Å². The summed E-state index contributed by atoms with van der Waals surface area (Å²) in [6.45, 7) is 25.1. The van der Waals surface area contributed by atoms with Crippen molar-refractivity contribution in [2.45, 2.75) is 110 Å². The number of cyclic esters (lactones) is 1. The Morgan fingerprint density at radius 2 is 1.56 bits per heavy atom. The minimum Gasteiger partial charge on any atom is -0.455 e. The van der Waals surface area contributed by atoms with E-state index in [4.69, 9.17) is 13.6 Å². The Morgan fingerprint density at radius 3 is 1.96 bits per heavy atom. The molecule has 1 heterocycles. The third-order valence-corrected chi connectivity index (χ3v) is 15.5. The molecule has 0 fully saturated rings. The van der Waals surface area contributed by atoms with E-state index >= 15 is 0 Å². The number of carbonyl (C=O) groups excluding carboxylic acids is 1. The molecule has 0 aromatic rings. The lowest BCUT2D eigenvalue weighted by molar-refractivity contribution is -0.139. The molecule has 0 aliphatic carbocycles. The molecule has 0 aromatic heterocycles. The van der Waals surface area contributed by atoms with Crippen LogP contribution in [0.5, 0.6) is 0 Å². The first-order valence-electron chi connectivity index (χ1n) is 10.2. The second-order valence-electron chi connectivity index (χ2n) is 10.9. The Balaban J connectivity index is 2.85. The van der Waals surface area contributed by atoms with Gasteiger partial charge in [0.1, 0.15) is 6.10 Å². The average Bonchev–Trinajstić information content (AvgIpc) is 2.73. The van der Waals surface area contributed by atoms with Crippen molar-refractivity contribution in [3.05, 3.63) is 11.6 Å². The first-order chi connectivity index (χ1) is 12.0. The summed E-state index contributed by atoms with van der Waals surface area (Å²) in [5.41, 5.74) is 0.749. The second-order valence-corrected chi connectivity index (χ2v) is 20.5. The lowest BCUT2D eigenvalue weighted by atomic mass is 10.1. The normalized spacial score (nSPS) is 20.5. The van der Waals surface area contributed by atoms with Gasteiger partial charge in [-0.25, -0.2) is 4.79 Å². The van der Waals surface area contributed by atoms with Crippen LogP contribution in [0.15, 0.2) is 11.6 Å². The molecule has 0 unspecified atom stereocenters. The van der Waals surface area contributed by atoms with Gasteiger partial charge in [0.25, 0.3) is 0 Å². The first-order valence-corrected chi connectivity index (χ1v) is 16.0. The van der Waals surface area contributed by atoms with Gasteiger partial charge in [-0.05, 0) is 55.7 Å². The first kappa shape index (κ1) is 24.6. The predicted octanol–water partition coefficient (Wildman–Crippen LogP) is 6.05. The number of hydrogen-bond donors (Lipinski definition) is 0. The Kier molecular flexibility index (Phi) is 7.76. The minimum absolute atomic E-state index is 0.0141. The quantitative estimate of drug-likeness (QED) is 0.358. The predicted molar refractivity (Wildman–Crippen MR) is 118 cm³/mol. The zero-order valence-electron chi connectivity index (χ0n) is 19.5. The van der Waals surface area contributed by atoms with Gasteiger partial charge >= 0.3 is 5.97 Å². The molecule has 0 saturated heterocycles. The van der Waals surface area contributed by atoms with Crippen molar-refractivity contribution in [2.24, 2.45) is 0 Å². The fourth-order valence-electron chi connectivity index (χ4n) is 2.48. The number of carbonyl (C=O) groups is 1. The van der Waals surface area contributed by atoms with E-state index in [0.717, 1.165) is 12.0 Å². The maximum Gasteiger partial charge on any atom is 0.334 e. The van der Waals surface area contributed by atoms with Crippen LogP contribution in [0.25, 0.3) is 0 Å². The van der Waals surface area contributed by atoms with Gasteiger partial charge in [-0.3, -0.25) is 0 Å². The molecule has 0 aromatic carbocycles. The van der Waals surface area contributed by atoms with Gasteiger partial charge in [0, 0.05) is 18.6 Å². The summed E-state index contributed by atoms with van der Waals surface area (Å²) in [6.07, 6.45) is 3.19. The molecular weight excluding hydrogens is 372 g/mol. The van der Waals surface area contributed by atoms with E-state index in [-0.39, 0.29) is 28.3 Å². The number of ether oxygens (including phenoxy) is 1. The van der Waals surface area contributed by atoms with Crippen molar-refractivity contribution in [1.82, 2.24) is 0 Å². The van der Waals surface area contributed by atoms with Crippen LogP contribution in [0.4, 0.5) is 0 Å². The highest BCUT2D eigenvalue weighted by Crippen LogP contribution is 2.39. The summed E-state index contributed by atoms with van der Waals surface area (Å²) in [6, 6.07) is 0. The SMILES string of the molecule is C[C@H]1C=C(C[C@@H](CCO[Si](C)(C)C(C)(C)C)O[Si](C)(C)C(C)(C)C)C(=O)O1. The molecule has 6 heteroatoms. The summed E-state index contributed by atoms with van der Waals surface area (Å²) >= 11 is 0. The highest BCUT2D eigenvalue weighted by atomic mass is 28.4. The van der Waals surface area contributed by atoms with E-state index in [0.29, 0.717) is 13.0 Å². The standard InChI is InChI=1S/C21H42O4Si2/c1-16-14-17(19(22)24-16)15-18(25-27(10,11)21(5,6)7)12-13-23-26(8,9)20(2,3)4/h14,16,18H,12-13,15H2,1-11H3/t16-,18+/m0/s1. The molecule has 2 atom stereocenters. The van der Waals surface area contributed by atoms with Crippen molar-refractivity contribution < 1.29 is 18.4 Å². The molecule has 0 N–H and O–H groups in total. The van der Waals surface area contributed by atoms with Crippen molar-refractivity contribution in [2.75, 3.05) is 6.61 Å². The van der Waals surface area contributed by atoms with E-state index < -0.39 is 16.6 Å². The summed E-state index contributed by atoms with van der Waals surface area (Å²) in [5, 5.41) is 0.319. The zero-order chi connectivity index (χ0) is 21.3. The third-order valence-electron chi connectivity index (χ3n) is 6.41. The zero-order valence-corrected chi connectivity index (χ0v) is 21.5. The summed E-state index contributed by atoms with van der Waals surface area (Å²) in [5.74, 6) is -0.198. The fraction of sp³-hybridized carbons (Fsp3) is 0.857. The maximum absolute atomic E-state index is 12.1. The maximum atomic E-state index is 12.1. The van der Waals surface area contributed by atoms with E-state index in [9.17, 15) is 4.79 Å². The van der Waals surface area contributed by atoms with Crippen LogP contribution >= 0.6 is 0 Å².